The maximum atomic E-state index is 14.2. The highest BCUT2D eigenvalue weighted by Crippen LogP contribution is 2.32. The third-order valence-electron chi connectivity index (χ3n) is 7.39. The number of esters is 1. The predicted molar refractivity (Wildman–Crippen MR) is 173 cm³/mol. The molecule has 0 N–H and O–H groups in total. The van der Waals surface area contributed by atoms with E-state index in [9.17, 15) is 9.59 Å². The van der Waals surface area contributed by atoms with Crippen LogP contribution in [-0.2, 0) is 16.1 Å². The zero-order chi connectivity index (χ0) is 30.2. The van der Waals surface area contributed by atoms with Gasteiger partial charge in [-0.15, -0.1) is 0 Å². The molecule has 7 nitrogen and oxygen atoms in total. The maximum absolute atomic E-state index is 14.2. The van der Waals surface area contributed by atoms with Crippen molar-refractivity contribution < 1.29 is 14.3 Å². The fraction of sp³-hybridized carbons (Fsp3) is 0.206. The van der Waals surface area contributed by atoms with Gasteiger partial charge in [0.15, 0.2) is 4.80 Å². The number of nitrogens with zero attached hydrogens (tertiary/aromatic N) is 3. The molecule has 2 aromatic heterocycles. The van der Waals surface area contributed by atoms with Gasteiger partial charge in [-0.25, -0.2) is 9.79 Å². The second-order valence-corrected chi connectivity index (χ2v) is 12.6. The second kappa shape index (κ2) is 11.8. The Balaban J connectivity index is 1.50. The highest BCUT2D eigenvalue weighted by atomic mass is 79.9. The topological polar surface area (TPSA) is 74.8 Å². The number of aromatic nitrogens is 2. The first kappa shape index (κ1) is 28.9. The molecule has 43 heavy (non-hydrogen) atoms. The molecule has 0 aliphatic carbocycles. The van der Waals surface area contributed by atoms with E-state index in [0.29, 0.717) is 32.9 Å². The molecule has 0 radical (unpaired) electrons. The Bertz CT molecular complexity index is 2050. The van der Waals surface area contributed by atoms with Crippen molar-refractivity contribution >= 4 is 50.2 Å². The Kier molecular flexibility index (Phi) is 7.94. The average molecular weight is 657 g/mol. The summed E-state index contributed by atoms with van der Waals surface area (Å²) in [5.41, 5.74) is 4.63. The summed E-state index contributed by atoms with van der Waals surface area (Å²) in [5, 5.41) is 1.05. The number of benzene rings is 3. The van der Waals surface area contributed by atoms with Gasteiger partial charge in [-0.3, -0.25) is 9.36 Å². The summed E-state index contributed by atoms with van der Waals surface area (Å²) in [6.07, 6.45) is 3.70. The minimum absolute atomic E-state index is 0.211. The van der Waals surface area contributed by atoms with Gasteiger partial charge in [0.25, 0.3) is 5.56 Å². The quantitative estimate of drug-likeness (QED) is 0.203. The van der Waals surface area contributed by atoms with E-state index in [1.807, 2.05) is 54.6 Å². The van der Waals surface area contributed by atoms with Crippen LogP contribution >= 0.6 is 27.3 Å². The lowest BCUT2D eigenvalue weighted by Crippen LogP contribution is -2.40. The predicted octanol–water partition coefficient (Wildman–Crippen LogP) is 5.96. The average Bonchev–Trinajstić information content (AvgIpc) is 3.49. The summed E-state index contributed by atoms with van der Waals surface area (Å²) in [7, 11) is 1.60. The summed E-state index contributed by atoms with van der Waals surface area (Å²) in [6.45, 7) is 6.10. The number of thiazole rings is 1. The Morgan fingerprint density at radius 1 is 1.07 bits per heavy atom. The van der Waals surface area contributed by atoms with Crippen LogP contribution < -0.4 is 19.6 Å². The minimum Gasteiger partial charge on any atom is -0.497 e. The number of halogens is 1. The number of carbonyl (C=O) groups is 1. The van der Waals surface area contributed by atoms with Crippen molar-refractivity contribution in [2.75, 3.05) is 7.11 Å². The lowest BCUT2D eigenvalue weighted by Gasteiger charge is -2.25. The van der Waals surface area contributed by atoms with E-state index in [1.54, 1.807) is 32.4 Å². The zero-order valence-corrected chi connectivity index (χ0v) is 26.6. The van der Waals surface area contributed by atoms with Gasteiger partial charge in [0.2, 0.25) is 0 Å². The van der Waals surface area contributed by atoms with Gasteiger partial charge < -0.3 is 14.0 Å². The standard InChI is InChI=1S/C34H30BrN3O4S/c1-20(2)42-33(40)30-21(3)36-34-38(31(30)23-11-15-26(41-4)16-12-23)32(39)29(43-34)17-24-19-37(28-8-6-5-7-27(24)28)18-22-9-13-25(35)14-10-22/h5-17,19-20,31H,18H2,1-4H3/b29-17+/t31-/m1/s1. The molecule has 0 unspecified atom stereocenters. The fourth-order valence-corrected chi connectivity index (χ4v) is 6.71. The number of methoxy groups -OCH3 is 1. The number of fused-ring (bicyclic) bond motifs is 2. The third-order valence-corrected chi connectivity index (χ3v) is 8.90. The van der Waals surface area contributed by atoms with Crippen LogP contribution in [0, 0.1) is 0 Å². The van der Waals surface area contributed by atoms with Crippen LogP contribution in [0.3, 0.4) is 0 Å². The Labute approximate surface area is 261 Å². The molecular weight excluding hydrogens is 626 g/mol. The van der Waals surface area contributed by atoms with Gasteiger partial charge in [0.05, 0.1) is 35.1 Å². The monoisotopic (exact) mass is 655 g/mol. The van der Waals surface area contributed by atoms with Crippen LogP contribution in [0.2, 0.25) is 0 Å². The molecule has 0 saturated carbocycles. The molecule has 0 amide bonds. The van der Waals surface area contributed by atoms with Crippen LogP contribution in [0.5, 0.6) is 5.75 Å². The number of hydrogen-bond donors (Lipinski definition) is 0. The highest BCUT2D eigenvalue weighted by molar-refractivity contribution is 9.10. The fourth-order valence-electron chi connectivity index (χ4n) is 5.41. The first-order chi connectivity index (χ1) is 20.7. The van der Waals surface area contributed by atoms with E-state index < -0.39 is 12.0 Å². The minimum atomic E-state index is -0.686. The van der Waals surface area contributed by atoms with E-state index in [4.69, 9.17) is 14.5 Å². The van der Waals surface area contributed by atoms with E-state index >= 15 is 0 Å². The Morgan fingerprint density at radius 2 is 1.79 bits per heavy atom. The molecule has 3 aromatic carbocycles. The van der Waals surface area contributed by atoms with Crippen molar-refractivity contribution in [3.63, 3.8) is 0 Å². The molecule has 5 aromatic rings. The van der Waals surface area contributed by atoms with Crippen molar-refractivity contribution in [1.82, 2.24) is 9.13 Å². The second-order valence-electron chi connectivity index (χ2n) is 10.7. The third kappa shape index (κ3) is 5.62. The number of allylic oxidation sites excluding steroid dienone is 1. The van der Waals surface area contributed by atoms with E-state index in [0.717, 1.165) is 26.5 Å². The molecule has 0 fully saturated rings. The molecule has 3 heterocycles. The van der Waals surface area contributed by atoms with Gasteiger partial charge in [-0.05, 0) is 68.3 Å². The molecule has 9 heteroatoms. The summed E-state index contributed by atoms with van der Waals surface area (Å²) in [4.78, 5) is 32.8. The normalized spacial score (nSPS) is 15.1. The van der Waals surface area contributed by atoms with Crippen LogP contribution in [0.25, 0.3) is 17.0 Å². The summed E-state index contributed by atoms with van der Waals surface area (Å²) in [6, 6.07) is 23.2. The molecule has 0 bridgehead atoms. The molecule has 1 aliphatic heterocycles. The molecule has 1 aliphatic rings. The van der Waals surface area contributed by atoms with E-state index in [2.05, 4.69) is 51.0 Å². The molecule has 0 saturated heterocycles. The van der Waals surface area contributed by atoms with Crippen molar-refractivity contribution in [3.05, 3.63) is 131 Å². The highest BCUT2D eigenvalue weighted by Gasteiger charge is 2.33. The SMILES string of the molecule is COc1ccc([C@@H]2C(C(=O)OC(C)C)=C(C)N=c3s/c(=C/c4cn(Cc5ccc(Br)cc5)c5ccccc45)c(=O)n32)cc1. The van der Waals surface area contributed by atoms with Gasteiger partial charge in [-0.2, -0.15) is 0 Å². The van der Waals surface area contributed by atoms with Gasteiger partial charge in [-0.1, -0.05) is 69.7 Å². The Hall–Kier alpha value is -4.21. The van der Waals surface area contributed by atoms with Crippen LogP contribution in [0.4, 0.5) is 0 Å². The summed E-state index contributed by atoms with van der Waals surface area (Å²) >= 11 is 4.83. The van der Waals surface area contributed by atoms with Crippen LogP contribution in [0.15, 0.2) is 105 Å². The van der Waals surface area contributed by atoms with E-state index in [1.165, 1.54) is 16.9 Å². The molecule has 0 spiro atoms. The maximum Gasteiger partial charge on any atom is 0.338 e. The van der Waals surface area contributed by atoms with Crippen LogP contribution in [0.1, 0.15) is 43.5 Å². The largest absolute Gasteiger partial charge is 0.497 e. The number of rotatable bonds is 7. The summed E-state index contributed by atoms with van der Waals surface area (Å²) in [5.74, 6) is 0.199. The number of ether oxygens (including phenoxy) is 2. The van der Waals surface area contributed by atoms with Crippen molar-refractivity contribution in [2.45, 2.75) is 39.5 Å². The van der Waals surface area contributed by atoms with E-state index in [-0.39, 0.29) is 11.7 Å². The molecular formula is C34H30BrN3O4S. The lowest BCUT2D eigenvalue weighted by atomic mass is 9.96. The first-order valence-electron chi connectivity index (χ1n) is 13.9. The van der Waals surface area contributed by atoms with Gasteiger partial charge in [0, 0.05) is 33.7 Å². The number of para-hydroxylation sites is 1. The number of carbonyl (C=O) groups excluding carboxylic acids is 1. The smallest absolute Gasteiger partial charge is 0.338 e. The van der Waals surface area contributed by atoms with Crippen LogP contribution in [-0.4, -0.2) is 28.3 Å². The van der Waals surface area contributed by atoms with Crippen molar-refractivity contribution in [3.8, 4) is 5.75 Å². The zero-order valence-electron chi connectivity index (χ0n) is 24.2. The van der Waals surface area contributed by atoms with Gasteiger partial charge >= 0.3 is 5.97 Å². The molecule has 218 valence electrons. The van der Waals surface area contributed by atoms with Crippen molar-refractivity contribution in [2.24, 2.45) is 4.99 Å². The first-order valence-corrected chi connectivity index (χ1v) is 15.5. The Morgan fingerprint density at radius 3 is 2.49 bits per heavy atom. The number of hydrogen-bond acceptors (Lipinski definition) is 6. The molecule has 1 atom stereocenters. The lowest BCUT2D eigenvalue weighted by molar-refractivity contribution is -0.143. The summed E-state index contributed by atoms with van der Waals surface area (Å²) < 4.78 is 16.4. The van der Waals surface area contributed by atoms with Gasteiger partial charge in [0.1, 0.15) is 5.75 Å². The molecule has 6 rings (SSSR count). The van der Waals surface area contributed by atoms with Crippen molar-refractivity contribution in [1.29, 1.82) is 0 Å².